The second-order valence-electron chi connectivity index (χ2n) is 9.39. The van der Waals surface area contributed by atoms with E-state index in [2.05, 4.69) is 122 Å². The quantitative estimate of drug-likeness (QED) is 0.286. The van der Waals surface area contributed by atoms with Crippen molar-refractivity contribution in [3.8, 4) is 0 Å². The number of aryl methyl sites for hydroxylation is 2. The summed E-state index contributed by atoms with van der Waals surface area (Å²) in [4.78, 5) is 0. The molecule has 0 saturated carbocycles. The Labute approximate surface area is 205 Å². The Morgan fingerprint density at radius 1 is 0.676 bits per heavy atom. The van der Waals surface area contributed by atoms with E-state index in [0.717, 1.165) is 30.6 Å². The van der Waals surface area contributed by atoms with Crippen LogP contribution in [-0.2, 0) is 12.8 Å². The fourth-order valence-electron chi connectivity index (χ4n) is 4.49. The van der Waals surface area contributed by atoms with Crippen LogP contribution in [0.2, 0.25) is 0 Å². The van der Waals surface area contributed by atoms with Crippen molar-refractivity contribution in [2.75, 3.05) is 10.6 Å². The van der Waals surface area contributed by atoms with Gasteiger partial charge in [-0.15, -0.1) is 0 Å². The highest BCUT2D eigenvalue weighted by Crippen LogP contribution is 2.31. The summed E-state index contributed by atoms with van der Waals surface area (Å²) in [5, 5.41) is 7.61. The van der Waals surface area contributed by atoms with E-state index >= 15 is 0 Å². The van der Waals surface area contributed by atoms with Gasteiger partial charge < -0.3 is 10.6 Å². The predicted octanol–water partition coefficient (Wildman–Crippen LogP) is 8.64. The van der Waals surface area contributed by atoms with Crippen LogP contribution in [-0.4, -0.2) is 5.66 Å². The molecular formula is C32H38N2. The van der Waals surface area contributed by atoms with Crippen molar-refractivity contribution in [3.63, 3.8) is 0 Å². The Morgan fingerprint density at radius 3 is 1.65 bits per heavy atom. The van der Waals surface area contributed by atoms with E-state index in [4.69, 9.17) is 0 Å². The molecule has 0 radical (unpaired) electrons. The molecule has 34 heavy (non-hydrogen) atoms. The van der Waals surface area contributed by atoms with Crippen LogP contribution in [0.4, 0.5) is 11.4 Å². The van der Waals surface area contributed by atoms with Crippen LogP contribution in [0, 0.1) is 0 Å². The van der Waals surface area contributed by atoms with Gasteiger partial charge in [0.2, 0.25) is 0 Å². The molecule has 0 unspecified atom stereocenters. The number of benzene rings is 3. The zero-order valence-electron chi connectivity index (χ0n) is 20.7. The van der Waals surface area contributed by atoms with Gasteiger partial charge in [0.25, 0.3) is 0 Å². The summed E-state index contributed by atoms with van der Waals surface area (Å²) < 4.78 is 0. The van der Waals surface area contributed by atoms with Crippen LogP contribution >= 0.6 is 0 Å². The first-order valence-electron chi connectivity index (χ1n) is 12.9. The van der Waals surface area contributed by atoms with Crippen molar-refractivity contribution in [2.45, 2.75) is 64.5 Å². The molecular weight excluding hydrogens is 412 g/mol. The Morgan fingerprint density at radius 2 is 1.21 bits per heavy atom. The van der Waals surface area contributed by atoms with Crippen molar-refractivity contribution in [1.29, 1.82) is 0 Å². The van der Waals surface area contributed by atoms with Gasteiger partial charge in [0.05, 0.1) is 0 Å². The van der Waals surface area contributed by atoms with Gasteiger partial charge in [-0.3, -0.25) is 0 Å². The molecule has 0 atom stereocenters. The summed E-state index contributed by atoms with van der Waals surface area (Å²) >= 11 is 0. The van der Waals surface area contributed by atoms with E-state index in [1.54, 1.807) is 0 Å². The number of hydrogen-bond donors (Lipinski definition) is 2. The van der Waals surface area contributed by atoms with E-state index in [-0.39, 0.29) is 5.66 Å². The summed E-state index contributed by atoms with van der Waals surface area (Å²) in [7, 11) is 0. The third-order valence-corrected chi connectivity index (χ3v) is 6.58. The number of unbranched alkanes of at least 4 members (excludes halogenated alkanes) is 2. The maximum Gasteiger partial charge on any atom is 0.131 e. The highest BCUT2D eigenvalue weighted by atomic mass is 15.2. The molecule has 0 aliphatic heterocycles. The van der Waals surface area contributed by atoms with Crippen LogP contribution in [0.5, 0.6) is 0 Å². The highest BCUT2D eigenvalue weighted by molar-refractivity contribution is 5.76. The smallest absolute Gasteiger partial charge is 0.131 e. The minimum absolute atomic E-state index is 0.381. The van der Waals surface area contributed by atoms with Crippen molar-refractivity contribution < 1.29 is 0 Å². The van der Waals surface area contributed by atoms with Gasteiger partial charge in [-0.1, -0.05) is 93.4 Å². The standard InChI is InChI=1S/C32H38N2/c1-3-5-10-26-14-18-30(19-15-26)33-32(34-31-20-16-27(17-21-31)11-6-4-2)24-22-29(23-25-32)28-12-8-7-9-13-28/h7-9,12-24,33-34H,3-6,10-11,25H2,1-2H3. The largest absolute Gasteiger partial charge is 0.359 e. The molecule has 0 saturated heterocycles. The van der Waals surface area contributed by atoms with Gasteiger partial charge in [-0.2, -0.15) is 0 Å². The second kappa shape index (κ2) is 11.7. The molecule has 0 amide bonds. The average molecular weight is 451 g/mol. The van der Waals surface area contributed by atoms with Gasteiger partial charge >= 0.3 is 0 Å². The SMILES string of the molecule is CCCCc1ccc(NC2(Nc3ccc(CCCC)cc3)C=CC(c3ccccc3)=CC2)cc1. The van der Waals surface area contributed by atoms with Crippen LogP contribution < -0.4 is 10.6 Å². The first kappa shape index (κ1) is 23.9. The first-order valence-corrected chi connectivity index (χ1v) is 12.9. The Bertz CT molecular complexity index is 1020. The van der Waals surface area contributed by atoms with Crippen LogP contribution in [0.25, 0.3) is 5.57 Å². The molecule has 0 bridgehead atoms. The number of nitrogens with one attached hydrogen (secondary N) is 2. The minimum atomic E-state index is -0.381. The molecule has 2 nitrogen and oxygen atoms in total. The molecule has 2 N–H and O–H groups in total. The topological polar surface area (TPSA) is 24.1 Å². The zero-order chi connectivity index (χ0) is 23.6. The normalized spacial score (nSPS) is 14.5. The van der Waals surface area contributed by atoms with Gasteiger partial charge in [0.1, 0.15) is 5.66 Å². The zero-order valence-corrected chi connectivity index (χ0v) is 20.7. The monoisotopic (exact) mass is 450 g/mol. The molecule has 3 aromatic rings. The van der Waals surface area contributed by atoms with Gasteiger partial charge in [-0.25, -0.2) is 0 Å². The van der Waals surface area contributed by atoms with Crippen LogP contribution in [0.3, 0.4) is 0 Å². The van der Waals surface area contributed by atoms with Gasteiger partial charge in [0, 0.05) is 17.8 Å². The van der Waals surface area contributed by atoms with Crippen molar-refractivity contribution in [2.24, 2.45) is 0 Å². The van der Waals surface area contributed by atoms with E-state index < -0.39 is 0 Å². The molecule has 3 aromatic carbocycles. The van der Waals surface area contributed by atoms with Crippen LogP contribution in [0.1, 0.15) is 62.6 Å². The molecule has 2 heteroatoms. The molecule has 4 rings (SSSR count). The molecule has 0 spiro atoms. The molecule has 0 aromatic heterocycles. The summed E-state index contributed by atoms with van der Waals surface area (Å²) in [5.41, 5.74) is 7.22. The van der Waals surface area contributed by atoms with E-state index in [1.165, 1.54) is 47.9 Å². The van der Waals surface area contributed by atoms with E-state index in [0.29, 0.717) is 0 Å². The third-order valence-electron chi connectivity index (χ3n) is 6.58. The summed E-state index contributed by atoms with van der Waals surface area (Å²) in [5.74, 6) is 0. The maximum absolute atomic E-state index is 3.80. The van der Waals surface area contributed by atoms with Crippen molar-refractivity contribution >= 4 is 16.9 Å². The number of anilines is 2. The Balaban J connectivity index is 1.54. The lowest BCUT2D eigenvalue weighted by molar-refractivity contribution is 0.660. The fourth-order valence-corrected chi connectivity index (χ4v) is 4.49. The molecule has 176 valence electrons. The number of rotatable bonds is 11. The van der Waals surface area contributed by atoms with E-state index in [9.17, 15) is 0 Å². The molecule has 1 aliphatic carbocycles. The summed E-state index contributed by atoms with van der Waals surface area (Å²) in [6, 6.07) is 28.5. The number of hydrogen-bond acceptors (Lipinski definition) is 2. The summed E-state index contributed by atoms with van der Waals surface area (Å²) in [6.07, 6.45) is 14.9. The number of allylic oxidation sites excluding steroid dienone is 2. The predicted molar refractivity (Wildman–Crippen MR) is 148 cm³/mol. The first-order chi connectivity index (χ1) is 16.7. The molecule has 1 aliphatic rings. The van der Waals surface area contributed by atoms with Gasteiger partial charge in [-0.05, 0) is 78.3 Å². The lowest BCUT2D eigenvalue weighted by Crippen LogP contribution is -2.44. The Hall–Kier alpha value is -3.26. The minimum Gasteiger partial charge on any atom is -0.359 e. The lowest BCUT2D eigenvalue weighted by Gasteiger charge is -2.36. The van der Waals surface area contributed by atoms with Gasteiger partial charge in [0.15, 0.2) is 0 Å². The van der Waals surface area contributed by atoms with Crippen molar-refractivity contribution in [3.05, 3.63) is 114 Å². The average Bonchev–Trinajstić information content (AvgIpc) is 2.89. The summed E-state index contributed by atoms with van der Waals surface area (Å²) in [6.45, 7) is 4.49. The second-order valence-corrected chi connectivity index (χ2v) is 9.39. The molecule has 0 heterocycles. The van der Waals surface area contributed by atoms with Crippen molar-refractivity contribution in [1.82, 2.24) is 0 Å². The Kier molecular flexibility index (Phi) is 8.25. The third kappa shape index (κ3) is 6.41. The highest BCUT2D eigenvalue weighted by Gasteiger charge is 2.28. The fraction of sp³-hybridized carbons (Fsp3) is 0.312. The lowest BCUT2D eigenvalue weighted by atomic mass is 9.92. The van der Waals surface area contributed by atoms with Crippen LogP contribution in [0.15, 0.2) is 97.1 Å². The maximum atomic E-state index is 3.80. The molecule has 0 fully saturated rings. The van der Waals surface area contributed by atoms with E-state index in [1.807, 2.05) is 0 Å².